The molecule has 0 saturated carbocycles. The van der Waals surface area contributed by atoms with E-state index < -0.39 is 11.9 Å². The number of carboxylic acids is 1. The minimum absolute atomic E-state index is 0.185. The summed E-state index contributed by atoms with van der Waals surface area (Å²) < 4.78 is 4.92. The van der Waals surface area contributed by atoms with Crippen LogP contribution < -0.4 is 10.6 Å². The zero-order chi connectivity index (χ0) is 14.4. The normalized spacial score (nSPS) is 10.2. The molecule has 0 fully saturated rings. The number of amides is 1. The molecule has 3 N–H and O–H groups in total. The number of nitrogens with zero attached hydrogens (tertiary/aromatic N) is 1. The molecule has 19 heavy (non-hydrogen) atoms. The number of methoxy groups -OCH3 is 1. The molecular formula is C12H15ClN2O4. The SMILES string of the molecule is COCCN(CC(=O)O)c1ccc(Cl)cc1C(N)=O. The summed E-state index contributed by atoms with van der Waals surface area (Å²) in [4.78, 5) is 23.8. The molecule has 6 nitrogen and oxygen atoms in total. The number of carboxylic acid groups (broad SMARTS) is 1. The van der Waals surface area contributed by atoms with Crippen molar-refractivity contribution in [1.82, 2.24) is 0 Å². The Kier molecular flexibility index (Phi) is 5.59. The fourth-order valence-corrected chi connectivity index (χ4v) is 1.80. The number of rotatable bonds is 7. The lowest BCUT2D eigenvalue weighted by atomic mass is 10.1. The highest BCUT2D eigenvalue weighted by atomic mass is 35.5. The topological polar surface area (TPSA) is 92.9 Å². The van der Waals surface area contributed by atoms with Crippen LogP contribution >= 0.6 is 11.6 Å². The molecule has 1 aromatic carbocycles. The summed E-state index contributed by atoms with van der Waals surface area (Å²) in [5.74, 6) is -1.67. The van der Waals surface area contributed by atoms with Gasteiger partial charge in [-0.15, -0.1) is 0 Å². The minimum atomic E-state index is -1.01. The van der Waals surface area contributed by atoms with Gasteiger partial charge in [-0.05, 0) is 18.2 Å². The third-order valence-electron chi connectivity index (χ3n) is 2.46. The summed E-state index contributed by atoms with van der Waals surface area (Å²) in [6, 6.07) is 4.56. The maximum Gasteiger partial charge on any atom is 0.323 e. The largest absolute Gasteiger partial charge is 0.480 e. The lowest BCUT2D eigenvalue weighted by Gasteiger charge is -2.24. The molecule has 0 heterocycles. The van der Waals surface area contributed by atoms with Crippen molar-refractivity contribution in [3.8, 4) is 0 Å². The number of carbonyl (C=O) groups is 2. The molecule has 1 amide bonds. The van der Waals surface area contributed by atoms with Gasteiger partial charge < -0.3 is 20.5 Å². The highest BCUT2D eigenvalue weighted by Crippen LogP contribution is 2.24. The third kappa shape index (κ3) is 4.42. The smallest absolute Gasteiger partial charge is 0.323 e. The molecule has 0 atom stereocenters. The number of primary amides is 1. The first-order valence-corrected chi connectivity index (χ1v) is 5.88. The molecule has 7 heteroatoms. The molecule has 0 aromatic heterocycles. The Balaban J connectivity index is 3.12. The molecule has 0 saturated heterocycles. The van der Waals surface area contributed by atoms with Crippen LogP contribution in [0.2, 0.25) is 5.02 Å². The number of nitrogens with two attached hydrogens (primary N) is 1. The predicted octanol–water partition coefficient (Wildman–Crippen LogP) is 0.976. The average molecular weight is 287 g/mol. The summed E-state index contributed by atoms with van der Waals surface area (Å²) >= 11 is 5.81. The number of benzene rings is 1. The van der Waals surface area contributed by atoms with Gasteiger partial charge in [0, 0.05) is 18.7 Å². The summed E-state index contributed by atoms with van der Waals surface area (Å²) in [5.41, 5.74) is 5.89. The van der Waals surface area contributed by atoms with Crippen LogP contribution in [-0.2, 0) is 9.53 Å². The predicted molar refractivity (Wildman–Crippen MR) is 71.7 cm³/mol. The van der Waals surface area contributed by atoms with E-state index in [1.54, 1.807) is 12.1 Å². The van der Waals surface area contributed by atoms with Crippen LogP contribution in [0, 0.1) is 0 Å². The van der Waals surface area contributed by atoms with Gasteiger partial charge in [-0.25, -0.2) is 0 Å². The maximum absolute atomic E-state index is 11.4. The maximum atomic E-state index is 11.4. The zero-order valence-corrected chi connectivity index (χ0v) is 11.2. The highest BCUT2D eigenvalue weighted by Gasteiger charge is 2.17. The lowest BCUT2D eigenvalue weighted by Crippen LogP contribution is -2.34. The van der Waals surface area contributed by atoms with Gasteiger partial charge in [0.1, 0.15) is 6.54 Å². The standard InChI is InChI=1S/C12H15ClN2O4/c1-19-5-4-15(7-11(16)17)10-3-2-8(13)6-9(10)12(14)18/h2-3,6H,4-5,7H2,1H3,(H2,14,18)(H,16,17). The molecule has 0 unspecified atom stereocenters. The monoisotopic (exact) mass is 286 g/mol. The van der Waals surface area contributed by atoms with E-state index in [-0.39, 0.29) is 12.1 Å². The first-order valence-electron chi connectivity index (χ1n) is 5.50. The second kappa shape index (κ2) is 6.96. The third-order valence-corrected chi connectivity index (χ3v) is 2.69. The molecule has 104 valence electrons. The molecule has 0 aliphatic carbocycles. The van der Waals surface area contributed by atoms with Crippen LogP contribution in [-0.4, -0.2) is 43.8 Å². The van der Waals surface area contributed by atoms with Crippen LogP contribution in [0.15, 0.2) is 18.2 Å². The molecule has 1 aromatic rings. The zero-order valence-electron chi connectivity index (χ0n) is 10.4. The Bertz CT molecular complexity index is 479. The van der Waals surface area contributed by atoms with Crippen LogP contribution in [0.25, 0.3) is 0 Å². The van der Waals surface area contributed by atoms with E-state index in [1.807, 2.05) is 0 Å². The second-order valence-corrected chi connectivity index (χ2v) is 4.27. The molecule has 0 radical (unpaired) electrons. The number of ether oxygens (including phenoxy) is 1. The van der Waals surface area contributed by atoms with E-state index in [4.69, 9.17) is 27.2 Å². The molecule has 0 bridgehead atoms. The lowest BCUT2D eigenvalue weighted by molar-refractivity contribution is -0.135. The van der Waals surface area contributed by atoms with Crippen LogP contribution in [0.4, 0.5) is 5.69 Å². The molecule has 0 aliphatic heterocycles. The van der Waals surface area contributed by atoms with Crippen LogP contribution in [0.5, 0.6) is 0 Å². The Hall–Kier alpha value is -1.79. The van der Waals surface area contributed by atoms with Crippen molar-refractivity contribution in [3.05, 3.63) is 28.8 Å². The van der Waals surface area contributed by atoms with Crippen molar-refractivity contribution in [2.75, 3.05) is 31.7 Å². The number of hydrogen-bond donors (Lipinski definition) is 2. The first-order chi connectivity index (χ1) is 8.95. The van der Waals surface area contributed by atoms with E-state index in [0.717, 1.165) is 0 Å². The van der Waals surface area contributed by atoms with Gasteiger partial charge in [0.25, 0.3) is 5.91 Å². The minimum Gasteiger partial charge on any atom is -0.480 e. The summed E-state index contributed by atoms with van der Waals surface area (Å²) in [5, 5.41) is 9.26. The van der Waals surface area contributed by atoms with Crippen LogP contribution in [0.1, 0.15) is 10.4 Å². The van der Waals surface area contributed by atoms with Crippen molar-refractivity contribution < 1.29 is 19.4 Å². The molecule has 1 rings (SSSR count). The highest BCUT2D eigenvalue weighted by molar-refractivity contribution is 6.31. The van der Waals surface area contributed by atoms with Gasteiger partial charge >= 0.3 is 5.97 Å². The summed E-state index contributed by atoms with van der Waals surface area (Å²) in [6.07, 6.45) is 0. The Morgan fingerprint density at radius 1 is 1.47 bits per heavy atom. The van der Waals surface area contributed by atoms with E-state index in [2.05, 4.69) is 0 Å². The molecule has 0 spiro atoms. The number of anilines is 1. The Morgan fingerprint density at radius 3 is 2.68 bits per heavy atom. The van der Waals surface area contributed by atoms with Gasteiger partial charge in [-0.1, -0.05) is 11.6 Å². The fourth-order valence-electron chi connectivity index (χ4n) is 1.63. The number of hydrogen-bond acceptors (Lipinski definition) is 4. The summed E-state index contributed by atoms with van der Waals surface area (Å²) in [7, 11) is 1.51. The Morgan fingerprint density at radius 2 is 2.16 bits per heavy atom. The van der Waals surface area contributed by atoms with E-state index in [0.29, 0.717) is 23.9 Å². The van der Waals surface area contributed by atoms with Gasteiger partial charge in [0.05, 0.1) is 17.9 Å². The molecular weight excluding hydrogens is 272 g/mol. The van der Waals surface area contributed by atoms with Crippen LogP contribution in [0.3, 0.4) is 0 Å². The average Bonchev–Trinajstić information content (AvgIpc) is 2.34. The fraction of sp³-hybridized carbons (Fsp3) is 0.333. The van der Waals surface area contributed by atoms with Gasteiger partial charge in [0.15, 0.2) is 0 Å². The van der Waals surface area contributed by atoms with E-state index in [1.165, 1.54) is 18.1 Å². The van der Waals surface area contributed by atoms with Crippen molar-refractivity contribution in [3.63, 3.8) is 0 Å². The number of halogens is 1. The quantitative estimate of drug-likeness (QED) is 0.779. The van der Waals surface area contributed by atoms with E-state index in [9.17, 15) is 9.59 Å². The van der Waals surface area contributed by atoms with Crippen molar-refractivity contribution in [1.29, 1.82) is 0 Å². The van der Waals surface area contributed by atoms with Crippen molar-refractivity contribution in [2.24, 2.45) is 5.73 Å². The van der Waals surface area contributed by atoms with E-state index >= 15 is 0 Å². The van der Waals surface area contributed by atoms with Gasteiger partial charge in [0.2, 0.25) is 0 Å². The molecule has 0 aliphatic rings. The summed E-state index contributed by atoms with van der Waals surface area (Å²) in [6.45, 7) is 0.393. The first kappa shape index (κ1) is 15.3. The van der Waals surface area contributed by atoms with Crippen molar-refractivity contribution >= 4 is 29.2 Å². The Labute approximate surface area is 115 Å². The van der Waals surface area contributed by atoms with Gasteiger partial charge in [-0.3, -0.25) is 9.59 Å². The second-order valence-electron chi connectivity index (χ2n) is 3.83. The van der Waals surface area contributed by atoms with Gasteiger partial charge in [-0.2, -0.15) is 0 Å². The number of carbonyl (C=O) groups excluding carboxylic acids is 1. The van der Waals surface area contributed by atoms with Crippen molar-refractivity contribution in [2.45, 2.75) is 0 Å². The number of aliphatic carboxylic acids is 1.